The topological polar surface area (TPSA) is 97.3 Å². The SMILES string of the molecule is COc1ccc(/C=N\NC(=O)CN(c2cc(Cl)cc(Cl)c2)S(C)(=O)=O)c(OC)c1. The summed E-state index contributed by atoms with van der Waals surface area (Å²) in [5, 5.41) is 4.33. The van der Waals surface area contributed by atoms with E-state index in [0.29, 0.717) is 17.1 Å². The normalized spacial score (nSPS) is 11.3. The number of methoxy groups -OCH3 is 2. The molecule has 0 aliphatic heterocycles. The summed E-state index contributed by atoms with van der Waals surface area (Å²) in [6.45, 7) is -0.507. The number of nitrogens with one attached hydrogen (secondary N) is 1. The molecule has 2 aromatic carbocycles. The first kappa shape index (κ1) is 22.8. The van der Waals surface area contributed by atoms with E-state index in [1.165, 1.54) is 38.6 Å². The number of hydrogen-bond donors (Lipinski definition) is 1. The Morgan fingerprint density at radius 2 is 1.79 bits per heavy atom. The van der Waals surface area contributed by atoms with Crippen LogP contribution in [0.25, 0.3) is 0 Å². The van der Waals surface area contributed by atoms with E-state index in [0.717, 1.165) is 10.6 Å². The zero-order valence-corrected chi connectivity index (χ0v) is 18.2. The maximum absolute atomic E-state index is 12.2. The molecular formula is C18H19Cl2N3O5S. The number of rotatable bonds is 8. The molecule has 1 amide bonds. The largest absolute Gasteiger partial charge is 0.497 e. The Kier molecular flexibility index (Phi) is 7.72. The van der Waals surface area contributed by atoms with Crippen LogP contribution in [0.4, 0.5) is 5.69 Å². The van der Waals surface area contributed by atoms with Crippen molar-refractivity contribution >= 4 is 51.0 Å². The van der Waals surface area contributed by atoms with Gasteiger partial charge in [-0.3, -0.25) is 9.10 Å². The maximum Gasteiger partial charge on any atom is 0.260 e. The molecular weight excluding hydrogens is 441 g/mol. The minimum absolute atomic E-state index is 0.168. The first-order chi connectivity index (χ1) is 13.6. The van der Waals surface area contributed by atoms with Crippen LogP contribution in [-0.4, -0.2) is 47.6 Å². The average molecular weight is 460 g/mol. The predicted octanol–water partition coefficient (Wildman–Crippen LogP) is 2.93. The number of hydrazone groups is 1. The monoisotopic (exact) mass is 459 g/mol. The van der Waals surface area contributed by atoms with Gasteiger partial charge in [0.2, 0.25) is 10.0 Å². The number of nitrogens with zero attached hydrogens (tertiary/aromatic N) is 2. The minimum atomic E-state index is -3.77. The summed E-state index contributed by atoms with van der Waals surface area (Å²) < 4.78 is 35.5. The van der Waals surface area contributed by atoms with Crippen molar-refractivity contribution in [3.8, 4) is 11.5 Å². The summed E-state index contributed by atoms with van der Waals surface area (Å²) in [6, 6.07) is 9.32. The molecule has 0 aliphatic carbocycles. The van der Waals surface area contributed by atoms with Crippen LogP contribution < -0.4 is 19.2 Å². The number of anilines is 1. The molecule has 0 saturated carbocycles. The number of sulfonamides is 1. The molecule has 0 unspecified atom stereocenters. The summed E-state index contributed by atoms with van der Waals surface area (Å²) in [5.41, 5.74) is 3.04. The summed E-state index contributed by atoms with van der Waals surface area (Å²) in [7, 11) is -0.751. The van der Waals surface area contributed by atoms with Gasteiger partial charge in [-0.05, 0) is 30.3 Å². The van der Waals surface area contributed by atoms with E-state index >= 15 is 0 Å². The molecule has 1 N–H and O–H groups in total. The molecule has 0 aromatic heterocycles. The highest BCUT2D eigenvalue weighted by molar-refractivity contribution is 7.92. The summed E-state index contributed by atoms with van der Waals surface area (Å²) >= 11 is 11.9. The average Bonchev–Trinajstić information content (AvgIpc) is 2.64. The lowest BCUT2D eigenvalue weighted by Gasteiger charge is -2.21. The molecule has 156 valence electrons. The van der Waals surface area contributed by atoms with Gasteiger partial charge in [0.15, 0.2) is 0 Å². The number of carbonyl (C=O) groups excluding carboxylic acids is 1. The lowest BCUT2D eigenvalue weighted by Crippen LogP contribution is -2.39. The van der Waals surface area contributed by atoms with Gasteiger partial charge in [0.25, 0.3) is 5.91 Å². The molecule has 0 saturated heterocycles. The Labute approximate surface area is 179 Å². The molecule has 11 heteroatoms. The molecule has 0 heterocycles. The molecule has 29 heavy (non-hydrogen) atoms. The minimum Gasteiger partial charge on any atom is -0.497 e. The van der Waals surface area contributed by atoms with E-state index in [1.807, 2.05) is 0 Å². The van der Waals surface area contributed by atoms with Crippen molar-refractivity contribution in [2.75, 3.05) is 31.3 Å². The van der Waals surface area contributed by atoms with Crippen LogP contribution in [0.15, 0.2) is 41.5 Å². The van der Waals surface area contributed by atoms with Crippen molar-refractivity contribution in [2.45, 2.75) is 0 Å². The van der Waals surface area contributed by atoms with E-state index < -0.39 is 22.5 Å². The van der Waals surface area contributed by atoms with E-state index in [1.54, 1.807) is 18.2 Å². The Hall–Kier alpha value is -2.49. The second-order valence-corrected chi connectivity index (χ2v) is 8.58. The van der Waals surface area contributed by atoms with Crippen LogP contribution in [0.2, 0.25) is 10.0 Å². The molecule has 0 aliphatic rings. The summed E-state index contributed by atoms with van der Waals surface area (Å²) in [5.74, 6) is 0.441. The van der Waals surface area contributed by atoms with Crippen molar-refractivity contribution in [1.82, 2.24) is 5.43 Å². The summed E-state index contributed by atoms with van der Waals surface area (Å²) in [4.78, 5) is 12.2. The van der Waals surface area contributed by atoms with Gasteiger partial charge in [0.05, 0.1) is 32.4 Å². The number of ether oxygens (including phenoxy) is 2. The number of benzene rings is 2. The molecule has 8 nitrogen and oxygen atoms in total. The van der Waals surface area contributed by atoms with Gasteiger partial charge in [0, 0.05) is 21.7 Å². The first-order valence-corrected chi connectivity index (χ1v) is 10.7. The van der Waals surface area contributed by atoms with Crippen molar-refractivity contribution in [3.63, 3.8) is 0 Å². The first-order valence-electron chi connectivity index (χ1n) is 8.11. The molecule has 2 aromatic rings. The van der Waals surface area contributed by atoms with Crippen molar-refractivity contribution in [1.29, 1.82) is 0 Å². The van der Waals surface area contributed by atoms with Crippen molar-refractivity contribution in [3.05, 3.63) is 52.0 Å². The lowest BCUT2D eigenvalue weighted by atomic mass is 10.2. The van der Waals surface area contributed by atoms with Gasteiger partial charge >= 0.3 is 0 Å². The zero-order chi connectivity index (χ0) is 21.6. The van der Waals surface area contributed by atoms with Crippen LogP contribution >= 0.6 is 23.2 Å². The lowest BCUT2D eigenvalue weighted by molar-refractivity contribution is -0.119. The second kappa shape index (κ2) is 9.82. The fourth-order valence-corrected chi connectivity index (χ4v) is 3.70. The number of halogens is 2. The van der Waals surface area contributed by atoms with Gasteiger partial charge in [-0.25, -0.2) is 13.8 Å². The number of hydrogen-bond acceptors (Lipinski definition) is 6. The predicted molar refractivity (Wildman–Crippen MR) is 114 cm³/mol. The van der Waals surface area contributed by atoms with Crippen LogP contribution in [0.5, 0.6) is 11.5 Å². The van der Waals surface area contributed by atoms with E-state index in [4.69, 9.17) is 32.7 Å². The standard InChI is InChI=1S/C18H19Cl2N3O5S/c1-27-16-5-4-12(17(9-16)28-2)10-21-22-18(24)11-23(29(3,25)26)15-7-13(19)6-14(20)8-15/h4-10H,11H2,1-3H3,(H,22,24)/b21-10-. The molecule has 0 fully saturated rings. The Morgan fingerprint density at radius 1 is 1.14 bits per heavy atom. The Bertz CT molecular complexity index is 1010. The number of amides is 1. The third kappa shape index (κ3) is 6.52. The van der Waals surface area contributed by atoms with E-state index in [2.05, 4.69) is 10.5 Å². The Balaban J connectivity index is 2.14. The van der Waals surface area contributed by atoms with Crippen LogP contribution in [0, 0.1) is 0 Å². The quantitative estimate of drug-likeness (QED) is 0.483. The molecule has 0 atom stereocenters. The number of carbonyl (C=O) groups is 1. The van der Waals surface area contributed by atoms with E-state index in [-0.39, 0.29) is 15.7 Å². The van der Waals surface area contributed by atoms with Crippen LogP contribution in [-0.2, 0) is 14.8 Å². The van der Waals surface area contributed by atoms with Gasteiger partial charge in [-0.1, -0.05) is 23.2 Å². The third-order valence-electron chi connectivity index (χ3n) is 3.66. The van der Waals surface area contributed by atoms with Gasteiger partial charge in [-0.2, -0.15) is 5.10 Å². The zero-order valence-electron chi connectivity index (χ0n) is 15.8. The molecule has 2 rings (SSSR count). The Morgan fingerprint density at radius 3 is 2.34 bits per heavy atom. The van der Waals surface area contributed by atoms with Crippen LogP contribution in [0.1, 0.15) is 5.56 Å². The molecule has 0 spiro atoms. The van der Waals surface area contributed by atoms with Crippen LogP contribution in [0.3, 0.4) is 0 Å². The van der Waals surface area contributed by atoms with Crippen molar-refractivity contribution in [2.24, 2.45) is 5.10 Å². The fourth-order valence-electron chi connectivity index (χ4n) is 2.35. The smallest absolute Gasteiger partial charge is 0.260 e. The molecule has 0 radical (unpaired) electrons. The third-order valence-corrected chi connectivity index (χ3v) is 5.23. The van der Waals surface area contributed by atoms with E-state index in [9.17, 15) is 13.2 Å². The molecule has 0 bridgehead atoms. The van der Waals surface area contributed by atoms with Crippen molar-refractivity contribution < 1.29 is 22.7 Å². The highest BCUT2D eigenvalue weighted by Crippen LogP contribution is 2.27. The summed E-state index contributed by atoms with van der Waals surface area (Å²) in [6.07, 6.45) is 2.35. The maximum atomic E-state index is 12.2. The van der Waals surface area contributed by atoms with Gasteiger partial charge in [-0.15, -0.1) is 0 Å². The fraction of sp³-hybridized carbons (Fsp3) is 0.222. The second-order valence-electron chi connectivity index (χ2n) is 5.80. The van der Waals surface area contributed by atoms with Gasteiger partial charge < -0.3 is 9.47 Å². The highest BCUT2D eigenvalue weighted by atomic mass is 35.5. The highest BCUT2D eigenvalue weighted by Gasteiger charge is 2.21. The van der Waals surface area contributed by atoms with Gasteiger partial charge in [0.1, 0.15) is 18.0 Å².